The summed E-state index contributed by atoms with van der Waals surface area (Å²) >= 11 is 3.13. The molecule has 1 aliphatic rings. The summed E-state index contributed by atoms with van der Waals surface area (Å²) in [6.45, 7) is 0.512. The number of imide groups is 1. The lowest BCUT2D eigenvalue weighted by molar-refractivity contribution is -0.157. The number of likely N-dealkylation sites (tertiary alicyclic amines) is 1. The zero-order valence-corrected chi connectivity index (χ0v) is 6.35. The molecule has 0 aliphatic carbocycles. The summed E-state index contributed by atoms with van der Waals surface area (Å²) in [6.07, 6.45) is 0.104. The van der Waals surface area contributed by atoms with Gasteiger partial charge >= 0.3 is 0 Å². The number of nitrogens with zero attached hydrogens (tertiary/aromatic N) is 1. The first-order valence-corrected chi connectivity index (χ1v) is 3.77. The number of hydrogen-bond acceptors (Lipinski definition) is 2. The Morgan fingerprint density at radius 1 is 1.44 bits per heavy atom. The standard InChI is InChI=1S/C5H6BrNO2/c6-1-2-7-4(8)3-5(7)9/h1-3H2. The van der Waals surface area contributed by atoms with E-state index in [1.165, 1.54) is 4.90 Å². The van der Waals surface area contributed by atoms with Crippen molar-refractivity contribution in [2.75, 3.05) is 11.9 Å². The van der Waals surface area contributed by atoms with Crippen LogP contribution >= 0.6 is 15.9 Å². The summed E-state index contributed by atoms with van der Waals surface area (Å²) in [4.78, 5) is 22.3. The number of carbonyl (C=O) groups is 2. The molecule has 1 rings (SSSR count). The zero-order chi connectivity index (χ0) is 6.85. The summed E-state index contributed by atoms with van der Waals surface area (Å²) in [6, 6.07) is 0. The van der Waals surface area contributed by atoms with E-state index in [0.717, 1.165) is 0 Å². The van der Waals surface area contributed by atoms with E-state index in [0.29, 0.717) is 11.9 Å². The van der Waals surface area contributed by atoms with Crippen molar-refractivity contribution in [3.05, 3.63) is 0 Å². The average Bonchev–Trinajstić information content (AvgIpc) is 1.84. The summed E-state index contributed by atoms with van der Waals surface area (Å²) in [5.41, 5.74) is 0. The highest BCUT2D eigenvalue weighted by Gasteiger charge is 2.32. The third kappa shape index (κ3) is 1.13. The van der Waals surface area contributed by atoms with Crippen molar-refractivity contribution in [1.82, 2.24) is 4.90 Å². The van der Waals surface area contributed by atoms with Crippen molar-refractivity contribution in [2.24, 2.45) is 0 Å². The molecule has 1 saturated heterocycles. The van der Waals surface area contributed by atoms with Crippen LogP contribution < -0.4 is 0 Å². The lowest BCUT2D eigenvalue weighted by Crippen LogP contribution is -2.49. The van der Waals surface area contributed by atoms with E-state index in [9.17, 15) is 9.59 Å². The minimum Gasteiger partial charge on any atom is -0.281 e. The van der Waals surface area contributed by atoms with Crippen molar-refractivity contribution in [2.45, 2.75) is 6.42 Å². The summed E-state index contributed by atoms with van der Waals surface area (Å²) < 4.78 is 0. The molecule has 1 heterocycles. The lowest BCUT2D eigenvalue weighted by atomic mass is 10.2. The van der Waals surface area contributed by atoms with Crippen molar-refractivity contribution in [3.8, 4) is 0 Å². The van der Waals surface area contributed by atoms with Crippen LogP contribution in [0.2, 0.25) is 0 Å². The molecule has 0 aromatic heterocycles. The van der Waals surface area contributed by atoms with Gasteiger partial charge < -0.3 is 0 Å². The maximum absolute atomic E-state index is 10.5. The molecule has 0 spiro atoms. The third-order valence-electron chi connectivity index (χ3n) is 1.21. The first-order chi connectivity index (χ1) is 4.25. The van der Waals surface area contributed by atoms with Gasteiger partial charge in [-0.15, -0.1) is 0 Å². The van der Waals surface area contributed by atoms with Crippen LogP contribution in [0, 0.1) is 0 Å². The minimum atomic E-state index is -0.0561. The monoisotopic (exact) mass is 191 g/mol. The molecular weight excluding hydrogens is 186 g/mol. The van der Waals surface area contributed by atoms with Gasteiger partial charge in [0.15, 0.2) is 0 Å². The number of alkyl halides is 1. The van der Waals surface area contributed by atoms with Gasteiger partial charge in [-0.25, -0.2) is 0 Å². The Bertz CT molecular complexity index is 143. The van der Waals surface area contributed by atoms with Gasteiger partial charge in [0.1, 0.15) is 6.42 Å². The Morgan fingerprint density at radius 3 is 2.22 bits per heavy atom. The van der Waals surface area contributed by atoms with Crippen LogP contribution in [0.15, 0.2) is 0 Å². The molecule has 3 nitrogen and oxygen atoms in total. The van der Waals surface area contributed by atoms with E-state index in [4.69, 9.17) is 0 Å². The van der Waals surface area contributed by atoms with E-state index in [1.54, 1.807) is 0 Å². The van der Waals surface area contributed by atoms with Crippen LogP contribution in [0.4, 0.5) is 0 Å². The first-order valence-electron chi connectivity index (χ1n) is 2.65. The fourth-order valence-electron chi connectivity index (χ4n) is 0.702. The molecule has 0 bridgehead atoms. The number of halogens is 1. The number of rotatable bonds is 2. The Kier molecular flexibility index (Phi) is 1.85. The van der Waals surface area contributed by atoms with Crippen molar-refractivity contribution in [1.29, 1.82) is 0 Å². The fraction of sp³-hybridized carbons (Fsp3) is 0.600. The Morgan fingerprint density at radius 2 is 2.00 bits per heavy atom. The number of hydrogen-bond donors (Lipinski definition) is 0. The first kappa shape index (κ1) is 6.74. The third-order valence-corrected chi connectivity index (χ3v) is 1.57. The van der Waals surface area contributed by atoms with Crippen molar-refractivity contribution >= 4 is 27.7 Å². The number of carbonyl (C=O) groups excluding carboxylic acids is 2. The quantitative estimate of drug-likeness (QED) is 0.354. The van der Waals surface area contributed by atoms with Crippen LogP contribution in [-0.2, 0) is 9.59 Å². The smallest absolute Gasteiger partial charge is 0.238 e. The Hall–Kier alpha value is -0.380. The molecular formula is C5H6BrNO2. The second-order valence-corrected chi connectivity index (χ2v) is 2.60. The number of amides is 2. The maximum atomic E-state index is 10.5. The summed E-state index contributed by atoms with van der Waals surface area (Å²) in [7, 11) is 0. The van der Waals surface area contributed by atoms with E-state index < -0.39 is 0 Å². The molecule has 0 aromatic carbocycles. The molecule has 9 heavy (non-hydrogen) atoms. The molecule has 0 aromatic rings. The van der Waals surface area contributed by atoms with Gasteiger partial charge in [0, 0.05) is 11.9 Å². The molecule has 0 unspecified atom stereocenters. The molecule has 4 heteroatoms. The molecule has 1 aliphatic heterocycles. The summed E-state index contributed by atoms with van der Waals surface area (Å²) in [5, 5.41) is 0.671. The van der Waals surface area contributed by atoms with Crippen LogP contribution in [0.1, 0.15) is 6.42 Å². The summed E-state index contributed by atoms with van der Waals surface area (Å²) in [5.74, 6) is -0.112. The van der Waals surface area contributed by atoms with Gasteiger partial charge in [-0.2, -0.15) is 0 Å². The number of β-lactam (4-membered cyclic amide) rings is 2. The van der Waals surface area contributed by atoms with Crippen LogP contribution in [-0.4, -0.2) is 28.6 Å². The average molecular weight is 192 g/mol. The molecule has 1 fully saturated rings. The van der Waals surface area contributed by atoms with Gasteiger partial charge in [0.2, 0.25) is 11.8 Å². The molecule has 0 saturated carbocycles. The SMILES string of the molecule is O=C1CC(=O)N1CCBr. The Balaban J connectivity index is 2.39. The minimum absolute atomic E-state index is 0.0561. The normalized spacial score (nSPS) is 18.1. The lowest BCUT2D eigenvalue weighted by Gasteiger charge is -2.27. The van der Waals surface area contributed by atoms with Crippen molar-refractivity contribution in [3.63, 3.8) is 0 Å². The van der Waals surface area contributed by atoms with E-state index in [-0.39, 0.29) is 18.2 Å². The topological polar surface area (TPSA) is 37.4 Å². The molecule has 0 atom stereocenters. The van der Waals surface area contributed by atoms with E-state index >= 15 is 0 Å². The maximum Gasteiger partial charge on any atom is 0.238 e. The highest BCUT2D eigenvalue weighted by atomic mass is 79.9. The molecule has 50 valence electrons. The highest BCUT2D eigenvalue weighted by Crippen LogP contribution is 2.09. The second-order valence-electron chi connectivity index (χ2n) is 1.80. The highest BCUT2D eigenvalue weighted by molar-refractivity contribution is 9.09. The molecule has 2 amide bonds. The van der Waals surface area contributed by atoms with Gasteiger partial charge in [-0.3, -0.25) is 14.5 Å². The van der Waals surface area contributed by atoms with Crippen LogP contribution in [0.25, 0.3) is 0 Å². The van der Waals surface area contributed by atoms with Gasteiger partial charge in [0.25, 0.3) is 0 Å². The molecule has 0 radical (unpaired) electrons. The largest absolute Gasteiger partial charge is 0.281 e. The molecule has 0 N–H and O–H groups in total. The van der Waals surface area contributed by atoms with Crippen LogP contribution in [0.3, 0.4) is 0 Å². The zero-order valence-electron chi connectivity index (χ0n) is 4.76. The van der Waals surface area contributed by atoms with Gasteiger partial charge in [-0.1, -0.05) is 15.9 Å². The fourth-order valence-corrected chi connectivity index (χ4v) is 1.06. The Labute approximate surface area is 61.1 Å². The predicted molar refractivity (Wildman–Crippen MR) is 35.1 cm³/mol. The van der Waals surface area contributed by atoms with Crippen molar-refractivity contribution < 1.29 is 9.59 Å². The van der Waals surface area contributed by atoms with Gasteiger partial charge in [-0.05, 0) is 0 Å². The second kappa shape index (κ2) is 2.47. The van der Waals surface area contributed by atoms with E-state index in [1.807, 2.05) is 0 Å². The van der Waals surface area contributed by atoms with E-state index in [2.05, 4.69) is 15.9 Å². The van der Waals surface area contributed by atoms with Gasteiger partial charge in [0.05, 0.1) is 0 Å². The van der Waals surface area contributed by atoms with Crippen LogP contribution in [0.5, 0.6) is 0 Å². The predicted octanol–water partition coefficient (Wildman–Crippen LogP) is 0.140.